The summed E-state index contributed by atoms with van der Waals surface area (Å²) in [5.74, 6) is 0.00319. The van der Waals surface area contributed by atoms with Crippen LogP contribution in [0.3, 0.4) is 0 Å². The number of carbonyl (C=O) groups excluding carboxylic acids is 1. The molecular weight excluding hydrogens is 386 g/mol. The van der Waals surface area contributed by atoms with E-state index in [1.807, 2.05) is 42.5 Å². The summed E-state index contributed by atoms with van der Waals surface area (Å²) in [5, 5.41) is 11.7. The summed E-state index contributed by atoms with van der Waals surface area (Å²) in [5.41, 5.74) is 3.81. The molecule has 5 rings (SSSR count). The van der Waals surface area contributed by atoms with E-state index in [1.165, 1.54) is 24.9 Å². The molecular formula is C26H29N3O2. The zero-order valence-corrected chi connectivity index (χ0v) is 17.8. The molecule has 0 bridgehead atoms. The molecule has 2 aliphatic rings. The number of fused-ring (bicyclic) bond motifs is 1. The smallest absolute Gasteiger partial charge is 0.253 e. The van der Waals surface area contributed by atoms with Gasteiger partial charge in [-0.1, -0.05) is 24.3 Å². The van der Waals surface area contributed by atoms with E-state index >= 15 is 0 Å². The molecule has 2 fully saturated rings. The van der Waals surface area contributed by atoms with Gasteiger partial charge in [-0.25, -0.2) is 0 Å². The van der Waals surface area contributed by atoms with Crippen LogP contribution < -0.4 is 4.90 Å². The second-order valence-electron chi connectivity index (χ2n) is 8.83. The first-order valence-electron chi connectivity index (χ1n) is 11.3. The first-order valence-corrected chi connectivity index (χ1v) is 11.3. The number of aliphatic hydroxyl groups is 1. The Kier molecular flexibility index (Phi) is 5.60. The number of hydrogen-bond donors (Lipinski definition) is 1. The van der Waals surface area contributed by atoms with E-state index in [-0.39, 0.29) is 11.8 Å². The van der Waals surface area contributed by atoms with Gasteiger partial charge in [0.05, 0.1) is 11.6 Å². The van der Waals surface area contributed by atoms with Crippen molar-refractivity contribution in [2.24, 2.45) is 5.92 Å². The molecule has 0 aliphatic carbocycles. The minimum atomic E-state index is -0.523. The van der Waals surface area contributed by atoms with E-state index < -0.39 is 6.10 Å². The van der Waals surface area contributed by atoms with Crippen LogP contribution in [0.25, 0.3) is 10.9 Å². The molecule has 3 heterocycles. The van der Waals surface area contributed by atoms with Gasteiger partial charge >= 0.3 is 0 Å². The number of rotatable bonds is 4. The lowest BCUT2D eigenvalue weighted by Gasteiger charge is -2.29. The van der Waals surface area contributed by atoms with Crippen LogP contribution in [0.2, 0.25) is 0 Å². The van der Waals surface area contributed by atoms with Gasteiger partial charge in [0, 0.05) is 54.4 Å². The fourth-order valence-corrected chi connectivity index (χ4v) is 4.86. The minimum Gasteiger partial charge on any atom is -0.391 e. The van der Waals surface area contributed by atoms with Gasteiger partial charge in [-0.05, 0) is 62.1 Å². The fourth-order valence-electron chi connectivity index (χ4n) is 4.86. The molecule has 2 atom stereocenters. The largest absolute Gasteiger partial charge is 0.391 e. The summed E-state index contributed by atoms with van der Waals surface area (Å²) in [6, 6.07) is 20.1. The molecule has 1 amide bonds. The zero-order chi connectivity index (χ0) is 21.2. The highest BCUT2D eigenvalue weighted by atomic mass is 16.3. The maximum atomic E-state index is 13.0. The highest BCUT2D eigenvalue weighted by Gasteiger charge is 2.34. The van der Waals surface area contributed by atoms with Gasteiger partial charge in [-0.3, -0.25) is 9.78 Å². The number of piperidine rings is 1. The molecule has 5 nitrogen and oxygen atoms in total. The molecule has 1 N–H and O–H groups in total. The lowest BCUT2D eigenvalue weighted by Crippen LogP contribution is -2.30. The quantitative estimate of drug-likeness (QED) is 0.702. The summed E-state index contributed by atoms with van der Waals surface area (Å²) in [7, 11) is 0. The summed E-state index contributed by atoms with van der Waals surface area (Å²) < 4.78 is 0. The van der Waals surface area contributed by atoms with Crippen molar-refractivity contribution in [1.82, 2.24) is 9.88 Å². The number of nitrogens with zero attached hydrogens (tertiary/aromatic N) is 3. The number of anilines is 1. The minimum absolute atomic E-state index is 0.00165. The second kappa shape index (κ2) is 8.67. The summed E-state index contributed by atoms with van der Waals surface area (Å²) in [4.78, 5) is 22.0. The predicted octanol–water partition coefficient (Wildman–Crippen LogP) is 3.90. The average molecular weight is 416 g/mol. The second-order valence-corrected chi connectivity index (χ2v) is 8.83. The van der Waals surface area contributed by atoms with Crippen molar-refractivity contribution in [3.05, 3.63) is 71.9 Å². The Balaban J connectivity index is 1.24. The van der Waals surface area contributed by atoms with Crippen molar-refractivity contribution in [3.8, 4) is 0 Å². The standard InChI is InChI=1S/C26H29N3O2/c30-25-18-29(17-21(25)16-22-11-8-19-6-2-3-7-24(19)27-22)26(31)20-9-12-23(13-10-20)28-14-4-1-5-15-28/h2-3,6-13,21,25,30H,1,4-5,14-18H2/t21-,25-/m1/s1. The first-order chi connectivity index (χ1) is 15.2. The Hall–Kier alpha value is -2.92. The van der Waals surface area contributed by atoms with E-state index in [0.717, 1.165) is 29.7 Å². The topological polar surface area (TPSA) is 56.7 Å². The maximum Gasteiger partial charge on any atom is 0.253 e. The van der Waals surface area contributed by atoms with Crippen molar-refractivity contribution in [2.45, 2.75) is 31.8 Å². The van der Waals surface area contributed by atoms with Crippen molar-refractivity contribution >= 4 is 22.5 Å². The third kappa shape index (κ3) is 4.28. The molecule has 0 spiro atoms. The van der Waals surface area contributed by atoms with Crippen LogP contribution in [-0.4, -0.2) is 53.2 Å². The number of benzene rings is 2. The number of β-amino-alcohol motifs (C(OH)–C–C–N with tert-alkyl or cyclic N) is 1. The molecule has 5 heteroatoms. The summed E-state index contributed by atoms with van der Waals surface area (Å²) in [6.07, 6.45) is 3.92. The van der Waals surface area contributed by atoms with E-state index in [1.54, 1.807) is 4.90 Å². The molecule has 2 aromatic carbocycles. The van der Waals surface area contributed by atoms with Gasteiger partial charge in [0.2, 0.25) is 0 Å². The van der Waals surface area contributed by atoms with E-state index in [9.17, 15) is 9.90 Å². The molecule has 0 unspecified atom stereocenters. The number of likely N-dealkylation sites (tertiary alicyclic amines) is 1. The first kappa shape index (κ1) is 20.0. The predicted molar refractivity (Wildman–Crippen MR) is 123 cm³/mol. The Labute approximate surface area is 183 Å². The molecule has 2 aliphatic heterocycles. The van der Waals surface area contributed by atoms with Crippen LogP contribution in [0.15, 0.2) is 60.7 Å². The average Bonchev–Trinajstić information content (AvgIpc) is 3.19. The summed E-state index contributed by atoms with van der Waals surface area (Å²) >= 11 is 0. The molecule has 2 saturated heterocycles. The highest BCUT2D eigenvalue weighted by Crippen LogP contribution is 2.25. The van der Waals surface area contributed by atoms with Gasteiger partial charge in [0.15, 0.2) is 0 Å². The van der Waals surface area contributed by atoms with Crippen LogP contribution in [-0.2, 0) is 6.42 Å². The third-order valence-corrected chi connectivity index (χ3v) is 6.66. The van der Waals surface area contributed by atoms with Gasteiger partial charge in [-0.2, -0.15) is 0 Å². The van der Waals surface area contributed by atoms with Crippen LogP contribution in [0, 0.1) is 5.92 Å². The number of pyridine rings is 1. The summed E-state index contributed by atoms with van der Waals surface area (Å²) in [6.45, 7) is 3.12. The number of carbonyl (C=O) groups is 1. The van der Waals surface area contributed by atoms with Crippen LogP contribution in [0.5, 0.6) is 0 Å². The monoisotopic (exact) mass is 415 g/mol. The lowest BCUT2D eigenvalue weighted by molar-refractivity contribution is 0.0764. The SMILES string of the molecule is O=C(c1ccc(N2CCCCC2)cc1)N1C[C@@H](Cc2ccc3ccccc3n2)[C@H](O)C1. The van der Waals surface area contributed by atoms with Gasteiger partial charge in [0.25, 0.3) is 5.91 Å². The van der Waals surface area contributed by atoms with Crippen LogP contribution >= 0.6 is 0 Å². The van der Waals surface area contributed by atoms with Crippen LogP contribution in [0.1, 0.15) is 35.3 Å². The Morgan fingerprint density at radius 3 is 2.52 bits per heavy atom. The lowest BCUT2D eigenvalue weighted by atomic mass is 9.99. The molecule has 160 valence electrons. The van der Waals surface area contributed by atoms with E-state index in [0.29, 0.717) is 25.1 Å². The number of para-hydroxylation sites is 1. The van der Waals surface area contributed by atoms with Gasteiger partial charge in [-0.15, -0.1) is 0 Å². The van der Waals surface area contributed by atoms with Gasteiger partial charge < -0.3 is 14.9 Å². The number of hydrogen-bond acceptors (Lipinski definition) is 4. The molecule has 0 radical (unpaired) electrons. The Bertz CT molecular complexity index is 1060. The van der Waals surface area contributed by atoms with Crippen molar-refractivity contribution in [1.29, 1.82) is 0 Å². The zero-order valence-electron chi connectivity index (χ0n) is 17.8. The third-order valence-electron chi connectivity index (χ3n) is 6.66. The number of aliphatic hydroxyl groups excluding tert-OH is 1. The van der Waals surface area contributed by atoms with Crippen LogP contribution in [0.4, 0.5) is 5.69 Å². The van der Waals surface area contributed by atoms with Crippen molar-refractivity contribution < 1.29 is 9.90 Å². The maximum absolute atomic E-state index is 13.0. The Morgan fingerprint density at radius 2 is 1.71 bits per heavy atom. The normalized spacial score (nSPS) is 21.6. The van der Waals surface area contributed by atoms with E-state index in [2.05, 4.69) is 23.1 Å². The Morgan fingerprint density at radius 1 is 0.935 bits per heavy atom. The van der Waals surface area contributed by atoms with Gasteiger partial charge in [0.1, 0.15) is 0 Å². The number of amides is 1. The molecule has 0 saturated carbocycles. The molecule has 1 aromatic heterocycles. The number of aromatic nitrogens is 1. The fraction of sp³-hybridized carbons (Fsp3) is 0.385. The molecule has 3 aromatic rings. The van der Waals surface area contributed by atoms with Crippen molar-refractivity contribution in [3.63, 3.8) is 0 Å². The highest BCUT2D eigenvalue weighted by molar-refractivity contribution is 5.94. The van der Waals surface area contributed by atoms with Crippen molar-refractivity contribution in [2.75, 3.05) is 31.1 Å². The molecule has 31 heavy (non-hydrogen) atoms. The van der Waals surface area contributed by atoms with E-state index in [4.69, 9.17) is 4.98 Å².